The minimum absolute atomic E-state index is 0.271. The molecule has 1 aliphatic rings. The second-order valence-electron chi connectivity index (χ2n) is 10.8. The molecule has 1 aliphatic heterocycles. The quantitative estimate of drug-likeness (QED) is 0.332. The molecular weight excluding hydrogens is 509 g/mol. The molecule has 1 saturated heterocycles. The average molecular weight is 543 g/mol. The molecule has 208 valence electrons. The summed E-state index contributed by atoms with van der Waals surface area (Å²) in [6.45, 7) is 8.02. The molecule has 0 spiro atoms. The van der Waals surface area contributed by atoms with Crippen LogP contribution >= 0.6 is 0 Å². The summed E-state index contributed by atoms with van der Waals surface area (Å²) in [5.41, 5.74) is 3.09. The van der Waals surface area contributed by atoms with Crippen LogP contribution in [0.15, 0.2) is 48.5 Å². The van der Waals surface area contributed by atoms with Gasteiger partial charge in [-0.15, -0.1) is 0 Å². The van der Waals surface area contributed by atoms with Crippen LogP contribution in [0.4, 0.5) is 18.9 Å². The molecule has 1 N–H and O–H groups in total. The highest BCUT2D eigenvalue weighted by molar-refractivity contribution is 5.88. The van der Waals surface area contributed by atoms with Crippen molar-refractivity contribution in [1.82, 2.24) is 4.98 Å². The van der Waals surface area contributed by atoms with Crippen molar-refractivity contribution in [3.63, 3.8) is 0 Å². The zero-order valence-electron chi connectivity index (χ0n) is 22.7. The fourth-order valence-corrected chi connectivity index (χ4v) is 4.75. The zero-order chi connectivity index (χ0) is 28.5. The number of alkyl halides is 2. The number of hydrogen-bond acceptors (Lipinski definition) is 5. The molecule has 3 aromatic rings. The number of hydrogen-bond donors (Lipinski definition) is 1. The van der Waals surface area contributed by atoms with Gasteiger partial charge < -0.3 is 19.5 Å². The van der Waals surface area contributed by atoms with Crippen LogP contribution in [0.2, 0.25) is 0 Å². The number of pyridine rings is 1. The Balaban J connectivity index is 1.69. The summed E-state index contributed by atoms with van der Waals surface area (Å²) < 4.78 is 53.0. The van der Waals surface area contributed by atoms with Crippen LogP contribution in [-0.4, -0.2) is 47.3 Å². The predicted octanol–water partition coefficient (Wildman–Crippen LogP) is 6.52. The summed E-state index contributed by atoms with van der Waals surface area (Å²) in [5, 5.41) is 10.1. The topological polar surface area (TPSA) is 71.9 Å². The lowest BCUT2D eigenvalue weighted by atomic mass is 9.92. The maximum absolute atomic E-state index is 14.0. The van der Waals surface area contributed by atoms with Crippen LogP contribution in [0.5, 0.6) is 5.75 Å². The Kier molecular flexibility index (Phi) is 7.93. The van der Waals surface area contributed by atoms with Crippen LogP contribution < -0.4 is 9.64 Å². The summed E-state index contributed by atoms with van der Waals surface area (Å²) in [6, 6.07) is 13.4. The number of halogens is 3. The van der Waals surface area contributed by atoms with Gasteiger partial charge in [-0.25, -0.2) is 18.0 Å². The minimum Gasteiger partial charge on any atom is -0.493 e. The molecule has 39 heavy (non-hydrogen) atoms. The van der Waals surface area contributed by atoms with E-state index in [-0.39, 0.29) is 11.4 Å². The number of nitrogens with zero attached hydrogens (tertiary/aromatic N) is 2. The van der Waals surface area contributed by atoms with Crippen molar-refractivity contribution in [2.45, 2.75) is 58.7 Å². The molecule has 6 nitrogen and oxygen atoms in total. The summed E-state index contributed by atoms with van der Waals surface area (Å²) in [6.07, 6.45) is -0.792. The Morgan fingerprint density at radius 3 is 2.21 bits per heavy atom. The number of anilines is 1. The van der Waals surface area contributed by atoms with Gasteiger partial charge in [0.05, 0.1) is 31.0 Å². The van der Waals surface area contributed by atoms with Gasteiger partial charge in [-0.3, -0.25) is 4.98 Å². The highest BCUT2D eigenvalue weighted by Gasteiger charge is 2.47. The minimum atomic E-state index is -2.87. The average Bonchev–Trinajstić information content (AvgIpc) is 2.82. The van der Waals surface area contributed by atoms with Gasteiger partial charge in [0.1, 0.15) is 11.6 Å². The van der Waals surface area contributed by atoms with Crippen molar-refractivity contribution in [2.24, 2.45) is 0 Å². The summed E-state index contributed by atoms with van der Waals surface area (Å²) in [4.78, 5) is 18.5. The summed E-state index contributed by atoms with van der Waals surface area (Å²) in [7, 11) is 0. The van der Waals surface area contributed by atoms with E-state index in [2.05, 4.69) is 4.98 Å². The molecule has 1 atom stereocenters. The van der Waals surface area contributed by atoms with E-state index >= 15 is 0 Å². The molecule has 0 aliphatic carbocycles. The fourth-order valence-electron chi connectivity index (χ4n) is 4.75. The van der Waals surface area contributed by atoms with E-state index in [1.807, 2.05) is 0 Å². The van der Waals surface area contributed by atoms with Crippen LogP contribution in [0.25, 0.3) is 11.1 Å². The number of rotatable bonds is 9. The Morgan fingerprint density at radius 1 is 1.05 bits per heavy atom. The molecule has 1 fully saturated rings. The first-order chi connectivity index (χ1) is 18.2. The molecule has 9 heteroatoms. The van der Waals surface area contributed by atoms with Gasteiger partial charge in [0.2, 0.25) is 0 Å². The normalized spacial score (nSPS) is 15.5. The largest absolute Gasteiger partial charge is 0.493 e. The van der Waals surface area contributed by atoms with Gasteiger partial charge in [0, 0.05) is 28.9 Å². The molecule has 0 amide bonds. The van der Waals surface area contributed by atoms with Gasteiger partial charge in [0.25, 0.3) is 5.92 Å². The van der Waals surface area contributed by atoms with Gasteiger partial charge in [-0.05, 0) is 70.0 Å². The molecule has 1 aromatic heterocycles. The van der Waals surface area contributed by atoms with Crippen molar-refractivity contribution < 1.29 is 32.5 Å². The SMILES string of the molecule is Cc1nc(C)c([C@H](OC(C)(C)C)C(=O)O)c(N2CC(F)(F)C2)c1-c1ccc(OCCc2ccc(F)cc2)cc1. The molecule has 0 saturated carbocycles. The van der Waals surface area contributed by atoms with Crippen molar-refractivity contribution >= 4 is 11.7 Å². The summed E-state index contributed by atoms with van der Waals surface area (Å²) in [5.74, 6) is -3.77. The molecule has 0 bridgehead atoms. The number of benzene rings is 2. The van der Waals surface area contributed by atoms with E-state index in [0.717, 1.165) is 5.56 Å². The number of carboxylic acid groups (broad SMARTS) is 1. The van der Waals surface area contributed by atoms with E-state index in [0.29, 0.717) is 47.0 Å². The van der Waals surface area contributed by atoms with Crippen molar-refractivity contribution in [2.75, 3.05) is 24.6 Å². The highest BCUT2D eigenvalue weighted by Crippen LogP contribution is 2.46. The van der Waals surface area contributed by atoms with Crippen molar-refractivity contribution in [3.8, 4) is 16.9 Å². The van der Waals surface area contributed by atoms with Crippen LogP contribution in [0, 0.1) is 19.7 Å². The lowest BCUT2D eigenvalue weighted by Crippen LogP contribution is -2.57. The maximum atomic E-state index is 14.0. The Hall–Kier alpha value is -3.59. The smallest absolute Gasteiger partial charge is 0.337 e. The fraction of sp³-hybridized carbons (Fsp3) is 0.400. The van der Waals surface area contributed by atoms with Crippen LogP contribution in [0.3, 0.4) is 0 Å². The third-order valence-corrected chi connectivity index (χ3v) is 6.41. The van der Waals surface area contributed by atoms with Gasteiger partial charge in [-0.1, -0.05) is 24.3 Å². The number of aliphatic carboxylic acids is 1. The third-order valence-electron chi connectivity index (χ3n) is 6.41. The monoisotopic (exact) mass is 542 g/mol. The first kappa shape index (κ1) is 28.4. The molecule has 2 aromatic carbocycles. The second kappa shape index (κ2) is 10.9. The number of aryl methyl sites for hydroxylation is 2. The standard InChI is InChI=1S/C30H33F3N2O4/c1-18-24(21-8-12-23(13-9-21)38-15-14-20-6-10-22(31)11-7-20)26(35-16-30(32,33)17-35)25(19(2)34-18)27(28(36)37)39-29(3,4)5/h6-13,27H,14-17H2,1-5H3,(H,36,37)/t27-/m0/s1. The molecule has 2 heterocycles. The molecule has 4 rings (SSSR count). The second-order valence-corrected chi connectivity index (χ2v) is 10.8. The first-order valence-corrected chi connectivity index (χ1v) is 12.8. The van der Waals surface area contributed by atoms with Crippen LogP contribution in [-0.2, 0) is 16.0 Å². The molecule has 0 radical (unpaired) electrons. The maximum Gasteiger partial charge on any atom is 0.337 e. The van der Waals surface area contributed by atoms with E-state index < -0.39 is 36.7 Å². The number of carbonyl (C=O) groups is 1. The van der Waals surface area contributed by atoms with Gasteiger partial charge in [-0.2, -0.15) is 0 Å². The number of carboxylic acids is 1. The van der Waals surface area contributed by atoms with Gasteiger partial charge in [0.15, 0.2) is 6.10 Å². The Morgan fingerprint density at radius 2 is 1.67 bits per heavy atom. The van der Waals surface area contributed by atoms with Crippen molar-refractivity contribution in [3.05, 3.63) is 76.9 Å². The van der Waals surface area contributed by atoms with E-state index in [1.54, 1.807) is 71.0 Å². The predicted molar refractivity (Wildman–Crippen MR) is 143 cm³/mol. The highest BCUT2D eigenvalue weighted by atomic mass is 19.3. The lowest BCUT2D eigenvalue weighted by Gasteiger charge is -2.43. The third kappa shape index (κ3) is 6.71. The Labute approximate surface area is 226 Å². The van der Waals surface area contributed by atoms with E-state index in [1.165, 1.54) is 17.0 Å². The summed E-state index contributed by atoms with van der Waals surface area (Å²) >= 11 is 0. The zero-order valence-corrected chi connectivity index (χ0v) is 22.7. The first-order valence-electron chi connectivity index (χ1n) is 12.8. The lowest BCUT2D eigenvalue weighted by molar-refractivity contribution is -0.160. The van der Waals surface area contributed by atoms with Crippen LogP contribution in [0.1, 0.15) is 49.4 Å². The molecular formula is C30H33F3N2O4. The van der Waals surface area contributed by atoms with Crippen molar-refractivity contribution in [1.29, 1.82) is 0 Å². The number of ether oxygens (including phenoxy) is 2. The van der Waals surface area contributed by atoms with Gasteiger partial charge >= 0.3 is 5.97 Å². The van der Waals surface area contributed by atoms with E-state index in [9.17, 15) is 23.1 Å². The van der Waals surface area contributed by atoms with E-state index in [4.69, 9.17) is 9.47 Å². The number of aromatic nitrogens is 1. The molecule has 0 unspecified atom stereocenters. The Bertz CT molecular complexity index is 1330.